The van der Waals surface area contributed by atoms with E-state index in [1.165, 1.54) is 0 Å². The highest BCUT2D eigenvalue weighted by atomic mass is 16.5. The second-order valence-electron chi connectivity index (χ2n) is 3.71. The Kier molecular flexibility index (Phi) is 2.82. The van der Waals surface area contributed by atoms with Crippen LogP contribution in [-0.2, 0) is 0 Å². The molecule has 5 heteroatoms. The zero-order valence-corrected chi connectivity index (χ0v) is 9.65. The van der Waals surface area contributed by atoms with Crippen molar-refractivity contribution in [2.24, 2.45) is 5.73 Å². The number of benzene rings is 1. The van der Waals surface area contributed by atoms with Gasteiger partial charge in [0.05, 0.1) is 19.0 Å². The van der Waals surface area contributed by atoms with Gasteiger partial charge in [-0.2, -0.15) is 0 Å². The predicted molar refractivity (Wildman–Crippen MR) is 63.8 cm³/mol. The van der Waals surface area contributed by atoms with E-state index in [2.05, 4.69) is 9.97 Å². The minimum absolute atomic E-state index is 0.142. The summed E-state index contributed by atoms with van der Waals surface area (Å²) in [5, 5.41) is 0. The van der Waals surface area contributed by atoms with E-state index in [4.69, 9.17) is 10.5 Å². The largest absolute Gasteiger partial charge is 0.496 e. The van der Waals surface area contributed by atoms with Crippen molar-refractivity contribution in [1.82, 2.24) is 9.97 Å². The summed E-state index contributed by atoms with van der Waals surface area (Å²) in [5.74, 6) is 0.279. The lowest BCUT2D eigenvalue weighted by molar-refractivity contribution is 0.0991. The first-order valence-electron chi connectivity index (χ1n) is 5.11. The number of ether oxygens (including phenoxy) is 1. The topological polar surface area (TPSA) is 81.0 Å². The zero-order chi connectivity index (χ0) is 12.4. The molecule has 17 heavy (non-hydrogen) atoms. The van der Waals surface area contributed by atoms with E-state index in [-0.39, 0.29) is 5.82 Å². The van der Waals surface area contributed by atoms with Gasteiger partial charge in [-0.15, -0.1) is 0 Å². The second-order valence-corrected chi connectivity index (χ2v) is 3.71. The van der Waals surface area contributed by atoms with Crippen LogP contribution in [0.15, 0.2) is 24.4 Å². The fourth-order valence-corrected chi connectivity index (χ4v) is 1.62. The number of hydrogen-bond acceptors (Lipinski definition) is 3. The zero-order valence-electron chi connectivity index (χ0n) is 9.65. The quantitative estimate of drug-likeness (QED) is 0.839. The number of methoxy groups -OCH3 is 1. The molecule has 0 bridgehead atoms. The number of rotatable bonds is 3. The van der Waals surface area contributed by atoms with Crippen LogP contribution >= 0.6 is 0 Å². The molecule has 0 fully saturated rings. The van der Waals surface area contributed by atoms with Crippen molar-refractivity contribution < 1.29 is 9.53 Å². The molecule has 5 nitrogen and oxygen atoms in total. The maximum Gasteiger partial charge on any atom is 0.284 e. The van der Waals surface area contributed by atoms with Gasteiger partial charge in [0.2, 0.25) is 0 Å². The predicted octanol–water partition coefficient (Wildman–Crippen LogP) is 1.49. The van der Waals surface area contributed by atoms with Crippen LogP contribution in [0, 0.1) is 6.92 Å². The average Bonchev–Trinajstić information content (AvgIpc) is 2.78. The lowest BCUT2D eigenvalue weighted by Gasteiger charge is -2.07. The van der Waals surface area contributed by atoms with E-state index >= 15 is 0 Å². The van der Waals surface area contributed by atoms with Crippen molar-refractivity contribution >= 4 is 5.91 Å². The standard InChI is InChI=1S/C12H13N3O2/c1-7-3-4-10(17-2)8(5-7)9-6-14-12(15-9)11(13)16/h3-6H,1-2H3,(H2,13,16)(H,14,15). The van der Waals surface area contributed by atoms with Crippen molar-refractivity contribution in [2.75, 3.05) is 7.11 Å². The highest BCUT2D eigenvalue weighted by Crippen LogP contribution is 2.29. The van der Waals surface area contributed by atoms with E-state index in [1.54, 1.807) is 13.3 Å². The molecule has 2 aromatic rings. The number of imidazole rings is 1. The molecule has 0 aliphatic rings. The van der Waals surface area contributed by atoms with Crippen LogP contribution in [-0.4, -0.2) is 23.0 Å². The molecule has 0 atom stereocenters. The number of nitrogens with one attached hydrogen (secondary N) is 1. The number of hydrogen-bond donors (Lipinski definition) is 2. The maximum absolute atomic E-state index is 11.0. The number of H-pyrrole nitrogens is 1. The number of aryl methyl sites for hydroxylation is 1. The minimum atomic E-state index is -0.581. The monoisotopic (exact) mass is 231 g/mol. The van der Waals surface area contributed by atoms with E-state index in [0.717, 1.165) is 16.9 Å². The summed E-state index contributed by atoms with van der Waals surface area (Å²) in [4.78, 5) is 17.7. The lowest BCUT2D eigenvalue weighted by Crippen LogP contribution is -2.12. The van der Waals surface area contributed by atoms with Crippen molar-refractivity contribution in [1.29, 1.82) is 0 Å². The van der Waals surface area contributed by atoms with Crippen LogP contribution in [0.4, 0.5) is 0 Å². The van der Waals surface area contributed by atoms with Gasteiger partial charge in [-0.3, -0.25) is 4.79 Å². The number of nitrogens with zero attached hydrogens (tertiary/aromatic N) is 1. The molecular weight excluding hydrogens is 218 g/mol. The van der Waals surface area contributed by atoms with Crippen molar-refractivity contribution in [3.05, 3.63) is 35.8 Å². The summed E-state index contributed by atoms with van der Waals surface area (Å²) in [6.07, 6.45) is 1.57. The molecule has 0 saturated heterocycles. The number of carbonyl (C=O) groups is 1. The van der Waals surface area contributed by atoms with Crippen molar-refractivity contribution in [3.63, 3.8) is 0 Å². The van der Waals surface area contributed by atoms with Crippen LogP contribution in [0.1, 0.15) is 16.2 Å². The summed E-state index contributed by atoms with van der Waals surface area (Å²) in [6.45, 7) is 1.98. The normalized spacial score (nSPS) is 10.2. The van der Waals surface area contributed by atoms with E-state index < -0.39 is 5.91 Å². The third-order valence-electron chi connectivity index (χ3n) is 2.45. The average molecular weight is 231 g/mol. The van der Waals surface area contributed by atoms with Gasteiger partial charge in [-0.25, -0.2) is 4.98 Å². The van der Waals surface area contributed by atoms with Gasteiger partial charge in [0.15, 0.2) is 5.82 Å². The molecule has 1 heterocycles. The maximum atomic E-state index is 11.0. The molecule has 2 rings (SSSR count). The third-order valence-corrected chi connectivity index (χ3v) is 2.45. The van der Waals surface area contributed by atoms with Gasteiger partial charge in [-0.1, -0.05) is 11.6 Å². The number of carbonyl (C=O) groups excluding carboxylic acids is 1. The van der Waals surface area contributed by atoms with Crippen LogP contribution in [0.25, 0.3) is 11.3 Å². The van der Waals surface area contributed by atoms with E-state index in [1.807, 2.05) is 25.1 Å². The Morgan fingerprint density at radius 2 is 2.24 bits per heavy atom. The Bertz CT molecular complexity index is 561. The number of primary amides is 1. The van der Waals surface area contributed by atoms with Crippen LogP contribution in [0.2, 0.25) is 0 Å². The summed E-state index contributed by atoms with van der Waals surface area (Å²) >= 11 is 0. The molecule has 1 aromatic heterocycles. The first-order chi connectivity index (χ1) is 8.11. The van der Waals surface area contributed by atoms with Gasteiger partial charge < -0.3 is 15.5 Å². The molecule has 3 N–H and O–H groups in total. The molecular formula is C12H13N3O2. The minimum Gasteiger partial charge on any atom is -0.496 e. The molecule has 0 spiro atoms. The molecule has 0 unspecified atom stereocenters. The Labute approximate surface area is 98.6 Å². The molecule has 88 valence electrons. The summed E-state index contributed by atoms with van der Waals surface area (Å²) < 4.78 is 5.26. The van der Waals surface area contributed by atoms with Gasteiger partial charge in [0.25, 0.3) is 5.91 Å². The van der Waals surface area contributed by atoms with Crippen molar-refractivity contribution in [3.8, 4) is 17.0 Å². The van der Waals surface area contributed by atoms with Gasteiger partial charge in [0, 0.05) is 5.56 Å². The number of nitrogens with two attached hydrogens (primary N) is 1. The SMILES string of the molecule is COc1ccc(C)cc1-c1cnc(C(N)=O)[nH]1. The number of aromatic amines is 1. The lowest BCUT2D eigenvalue weighted by atomic mass is 10.1. The number of aromatic nitrogens is 2. The Morgan fingerprint density at radius 1 is 1.47 bits per heavy atom. The highest BCUT2D eigenvalue weighted by Gasteiger charge is 2.11. The molecule has 1 aromatic carbocycles. The molecule has 0 radical (unpaired) electrons. The van der Waals surface area contributed by atoms with Crippen LogP contribution in [0.5, 0.6) is 5.75 Å². The first kappa shape index (κ1) is 11.2. The first-order valence-corrected chi connectivity index (χ1v) is 5.11. The van der Waals surface area contributed by atoms with Gasteiger partial charge >= 0.3 is 0 Å². The third kappa shape index (κ3) is 2.13. The fourth-order valence-electron chi connectivity index (χ4n) is 1.62. The summed E-state index contributed by atoms with van der Waals surface area (Å²) in [6, 6.07) is 5.78. The van der Waals surface area contributed by atoms with Crippen LogP contribution < -0.4 is 10.5 Å². The molecule has 1 amide bonds. The molecule has 0 aliphatic heterocycles. The van der Waals surface area contributed by atoms with E-state index in [9.17, 15) is 4.79 Å². The Hall–Kier alpha value is -2.30. The van der Waals surface area contributed by atoms with E-state index in [0.29, 0.717) is 5.69 Å². The second kappa shape index (κ2) is 4.29. The summed E-state index contributed by atoms with van der Waals surface area (Å²) in [7, 11) is 1.60. The fraction of sp³-hybridized carbons (Fsp3) is 0.167. The Morgan fingerprint density at radius 3 is 2.82 bits per heavy atom. The molecule has 0 saturated carbocycles. The number of amides is 1. The smallest absolute Gasteiger partial charge is 0.284 e. The van der Waals surface area contributed by atoms with Gasteiger partial charge in [0.1, 0.15) is 5.75 Å². The summed E-state index contributed by atoms with van der Waals surface area (Å²) in [5.41, 5.74) is 7.80. The highest BCUT2D eigenvalue weighted by molar-refractivity contribution is 5.89. The van der Waals surface area contributed by atoms with Gasteiger partial charge in [-0.05, 0) is 19.1 Å². The van der Waals surface area contributed by atoms with Crippen molar-refractivity contribution in [2.45, 2.75) is 6.92 Å². The molecule has 0 aliphatic carbocycles. The van der Waals surface area contributed by atoms with Crippen LogP contribution in [0.3, 0.4) is 0 Å². The Balaban J connectivity index is 2.51.